The van der Waals surface area contributed by atoms with Gasteiger partial charge in [-0.05, 0) is 29.8 Å². The highest BCUT2D eigenvalue weighted by Gasteiger charge is 2.24. The van der Waals surface area contributed by atoms with Crippen molar-refractivity contribution in [3.8, 4) is 11.5 Å². The second kappa shape index (κ2) is 8.22. The van der Waals surface area contributed by atoms with Gasteiger partial charge in [0, 0.05) is 50.3 Å². The molecule has 3 heterocycles. The Labute approximate surface area is 162 Å². The number of piperazine rings is 1. The molecule has 1 aromatic carbocycles. The normalized spacial score (nSPS) is 15.0. The molecule has 0 aliphatic carbocycles. The summed E-state index contributed by atoms with van der Waals surface area (Å²) in [5.41, 5.74) is 2.49. The Morgan fingerprint density at radius 1 is 0.929 bits per heavy atom. The van der Waals surface area contributed by atoms with Crippen molar-refractivity contribution in [2.45, 2.75) is 13.1 Å². The predicted molar refractivity (Wildman–Crippen MR) is 102 cm³/mol. The second-order valence-corrected chi connectivity index (χ2v) is 6.79. The summed E-state index contributed by atoms with van der Waals surface area (Å²) in [6.07, 6.45) is 5.27. The van der Waals surface area contributed by atoms with E-state index in [-0.39, 0.29) is 11.7 Å². The third-order valence-corrected chi connectivity index (χ3v) is 4.67. The number of carbonyl (C=O) groups excluding carboxylic acids is 1. The van der Waals surface area contributed by atoms with E-state index >= 15 is 0 Å². The zero-order valence-corrected chi connectivity index (χ0v) is 15.3. The molecule has 7 heteroatoms. The number of aromatic nitrogens is 3. The number of halogens is 1. The van der Waals surface area contributed by atoms with Crippen molar-refractivity contribution < 1.29 is 9.18 Å². The number of pyridine rings is 1. The number of hydrogen-bond acceptors (Lipinski definition) is 5. The molecule has 1 amide bonds. The van der Waals surface area contributed by atoms with Crippen LogP contribution in [0.4, 0.5) is 4.39 Å². The van der Waals surface area contributed by atoms with Crippen LogP contribution in [0.3, 0.4) is 0 Å². The molecule has 0 N–H and O–H groups in total. The van der Waals surface area contributed by atoms with Gasteiger partial charge in [0.2, 0.25) is 5.91 Å². The number of amides is 1. The lowest BCUT2D eigenvalue weighted by Gasteiger charge is -2.34. The quantitative estimate of drug-likeness (QED) is 0.684. The molecule has 28 heavy (non-hydrogen) atoms. The lowest BCUT2D eigenvalue weighted by molar-refractivity contribution is -0.136. The van der Waals surface area contributed by atoms with Gasteiger partial charge >= 0.3 is 0 Å². The summed E-state index contributed by atoms with van der Waals surface area (Å²) in [4.78, 5) is 29.3. The molecule has 3 aromatic rings. The van der Waals surface area contributed by atoms with Gasteiger partial charge < -0.3 is 4.90 Å². The minimum absolute atomic E-state index is 0.0431. The Hall–Kier alpha value is -3.19. The topological polar surface area (TPSA) is 62.2 Å². The van der Waals surface area contributed by atoms with Gasteiger partial charge in [-0.2, -0.15) is 0 Å². The molecule has 0 bridgehead atoms. The van der Waals surface area contributed by atoms with Gasteiger partial charge in [-0.25, -0.2) is 14.4 Å². The van der Waals surface area contributed by atoms with Gasteiger partial charge in [-0.1, -0.05) is 18.2 Å². The first kappa shape index (κ1) is 18.2. The Morgan fingerprint density at radius 3 is 2.50 bits per heavy atom. The lowest BCUT2D eigenvalue weighted by Crippen LogP contribution is -2.49. The Bertz CT molecular complexity index is 949. The highest BCUT2D eigenvalue weighted by molar-refractivity contribution is 5.79. The number of rotatable bonds is 5. The van der Waals surface area contributed by atoms with Crippen LogP contribution in [0.2, 0.25) is 0 Å². The van der Waals surface area contributed by atoms with Crippen LogP contribution >= 0.6 is 0 Å². The molecule has 4 rings (SSSR count). The van der Waals surface area contributed by atoms with Crippen LogP contribution in [0.25, 0.3) is 11.5 Å². The van der Waals surface area contributed by atoms with E-state index in [9.17, 15) is 9.18 Å². The molecular formula is C21H20FN5O. The first-order valence-corrected chi connectivity index (χ1v) is 9.14. The van der Waals surface area contributed by atoms with E-state index < -0.39 is 0 Å². The minimum Gasteiger partial charge on any atom is -0.336 e. The first-order chi connectivity index (χ1) is 13.7. The van der Waals surface area contributed by atoms with E-state index in [1.54, 1.807) is 29.6 Å². The number of carbonyl (C=O) groups is 1. The van der Waals surface area contributed by atoms with Crippen molar-refractivity contribution in [3.63, 3.8) is 0 Å². The van der Waals surface area contributed by atoms with Crippen LogP contribution < -0.4 is 0 Å². The summed E-state index contributed by atoms with van der Waals surface area (Å²) in [7, 11) is 0. The maximum atomic E-state index is 13.3. The van der Waals surface area contributed by atoms with Crippen LogP contribution in [0.15, 0.2) is 61.1 Å². The van der Waals surface area contributed by atoms with E-state index in [1.807, 2.05) is 24.3 Å². The average molecular weight is 377 g/mol. The van der Waals surface area contributed by atoms with E-state index in [0.717, 1.165) is 23.4 Å². The van der Waals surface area contributed by atoms with Crippen molar-refractivity contribution >= 4 is 5.91 Å². The SMILES string of the molecule is O=C1CN(Cc2cnc(-c3ccccn3)nc2)CCN1Cc1cccc(F)c1. The zero-order chi connectivity index (χ0) is 19.3. The predicted octanol–water partition coefficient (Wildman–Crippen LogP) is 2.52. The smallest absolute Gasteiger partial charge is 0.237 e. The highest BCUT2D eigenvalue weighted by Crippen LogP contribution is 2.14. The molecule has 6 nitrogen and oxygen atoms in total. The number of nitrogens with zero attached hydrogens (tertiary/aromatic N) is 5. The third-order valence-electron chi connectivity index (χ3n) is 4.67. The molecule has 0 saturated carbocycles. The highest BCUT2D eigenvalue weighted by atomic mass is 19.1. The second-order valence-electron chi connectivity index (χ2n) is 6.79. The van der Waals surface area contributed by atoms with Crippen LogP contribution in [0, 0.1) is 5.82 Å². The van der Waals surface area contributed by atoms with Gasteiger partial charge in [0.25, 0.3) is 0 Å². The zero-order valence-electron chi connectivity index (χ0n) is 15.3. The number of benzene rings is 1. The van der Waals surface area contributed by atoms with Gasteiger partial charge in [-0.15, -0.1) is 0 Å². The Morgan fingerprint density at radius 2 is 1.79 bits per heavy atom. The summed E-state index contributed by atoms with van der Waals surface area (Å²) in [5, 5.41) is 0. The van der Waals surface area contributed by atoms with Gasteiger partial charge in [0.1, 0.15) is 11.5 Å². The summed E-state index contributed by atoms with van der Waals surface area (Å²) >= 11 is 0. The number of hydrogen-bond donors (Lipinski definition) is 0. The van der Waals surface area contributed by atoms with E-state index in [0.29, 0.717) is 32.0 Å². The van der Waals surface area contributed by atoms with Gasteiger partial charge in [-0.3, -0.25) is 14.7 Å². The Kier molecular flexibility index (Phi) is 5.34. The molecule has 142 valence electrons. The van der Waals surface area contributed by atoms with Crippen molar-refractivity contribution in [2.24, 2.45) is 0 Å². The fraction of sp³-hybridized carbons (Fsp3) is 0.238. The fourth-order valence-corrected chi connectivity index (χ4v) is 3.24. The minimum atomic E-state index is -0.280. The van der Waals surface area contributed by atoms with Crippen LogP contribution in [0.5, 0.6) is 0 Å². The van der Waals surface area contributed by atoms with Crippen molar-refractivity contribution in [3.05, 3.63) is 78.0 Å². The molecule has 1 aliphatic rings. The van der Waals surface area contributed by atoms with Crippen molar-refractivity contribution in [2.75, 3.05) is 19.6 Å². The van der Waals surface area contributed by atoms with Crippen LogP contribution in [-0.4, -0.2) is 50.3 Å². The maximum absolute atomic E-state index is 13.3. The standard InChI is InChI=1S/C21H20FN5O/c22-18-5-3-4-16(10-18)14-27-9-8-26(15-20(27)28)13-17-11-24-21(25-12-17)19-6-1-2-7-23-19/h1-7,10-12H,8-9,13-15H2. The molecule has 1 fully saturated rings. The van der Waals surface area contributed by atoms with Gasteiger partial charge in [0.15, 0.2) is 5.82 Å². The maximum Gasteiger partial charge on any atom is 0.237 e. The Balaban J connectivity index is 1.34. The first-order valence-electron chi connectivity index (χ1n) is 9.14. The molecule has 0 atom stereocenters. The van der Waals surface area contributed by atoms with Crippen LogP contribution in [-0.2, 0) is 17.9 Å². The lowest BCUT2D eigenvalue weighted by atomic mass is 10.2. The largest absolute Gasteiger partial charge is 0.336 e. The van der Waals surface area contributed by atoms with E-state index in [2.05, 4.69) is 19.9 Å². The summed E-state index contributed by atoms with van der Waals surface area (Å²) < 4.78 is 13.3. The van der Waals surface area contributed by atoms with Gasteiger partial charge in [0.05, 0.1) is 6.54 Å². The average Bonchev–Trinajstić information content (AvgIpc) is 2.71. The summed E-state index contributed by atoms with van der Waals surface area (Å²) in [6.45, 7) is 2.75. The van der Waals surface area contributed by atoms with E-state index in [4.69, 9.17) is 0 Å². The van der Waals surface area contributed by atoms with E-state index in [1.165, 1.54) is 12.1 Å². The summed E-state index contributed by atoms with van der Waals surface area (Å²) in [5.74, 6) is 0.347. The fourth-order valence-electron chi connectivity index (χ4n) is 3.24. The van der Waals surface area contributed by atoms with Crippen molar-refractivity contribution in [1.82, 2.24) is 24.8 Å². The third kappa shape index (κ3) is 4.37. The van der Waals surface area contributed by atoms with Crippen molar-refractivity contribution in [1.29, 1.82) is 0 Å². The molecule has 1 aliphatic heterocycles. The molecule has 0 radical (unpaired) electrons. The van der Waals surface area contributed by atoms with Crippen LogP contribution in [0.1, 0.15) is 11.1 Å². The molecule has 2 aromatic heterocycles. The monoisotopic (exact) mass is 377 g/mol. The molecule has 0 spiro atoms. The molecular weight excluding hydrogens is 357 g/mol. The molecule has 1 saturated heterocycles. The summed E-state index contributed by atoms with van der Waals surface area (Å²) in [6, 6.07) is 12.0. The molecule has 0 unspecified atom stereocenters.